The van der Waals surface area contributed by atoms with Gasteiger partial charge in [0.2, 0.25) is 11.8 Å². The summed E-state index contributed by atoms with van der Waals surface area (Å²) in [5.74, 6) is -2.26. The van der Waals surface area contributed by atoms with Gasteiger partial charge in [-0.3, -0.25) is 39.1 Å². The standard InChI is InChI=1S/C23H28N4O6/c1-2-3-12-33-20(29)14-25-8-10-26(11-9-25)15-4-5-16-17(13-15)23(32)27(22(16)31)18-6-7-19(28)24-21(18)30/h4-5,13,18H,2-3,6-12,14H2,1H3,(H,24,28,30). The fourth-order valence-corrected chi connectivity index (χ4v) is 4.38. The van der Waals surface area contributed by atoms with E-state index in [0.717, 1.165) is 23.4 Å². The van der Waals surface area contributed by atoms with Gasteiger partial charge in [-0.15, -0.1) is 0 Å². The highest BCUT2D eigenvalue weighted by atomic mass is 16.5. The van der Waals surface area contributed by atoms with Crippen LogP contribution in [0.5, 0.6) is 0 Å². The molecule has 4 rings (SSSR count). The molecule has 10 nitrogen and oxygen atoms in total. The number of piperazine rings is 1. The molecule has 4 amide bonds. The molecule has 1 aromatic carbocycles. The van der Waals surface area contributed by atoms with Crippen molar-refractivity contribution in [3.8, 4) is 0 Å². The van der Waals surface area contributed by atoms with Crippen molar-refractivity contribution in [2.24, 2.45) is 0 Å². The summed E-state index contributed by atoms with van der Waals surface area (Å²) in [5.41, 5.74) is 1.34. The molecule has 3 aliphatic rings. The number of hydrogen-bond acceptors (Lipinski definition) is 8. The summed E-state index contributed by atoms with van der Waals surface area (Å²) in [5, 5.41) is 2.20. The van der Waals surface area contributed by atoms with E-state index >= 15 is 0 Å². The smallest absolute Gasteiger partial charge is 0.320 e. The van der Waals surface area contributed by atoms with E-state index in [1.54, 1.807) is 18.2 Å². The van der Waals surface area contributed by atoms with Crippen LogP contribution in [-0.4, -0.2) is 84.8 Å². The van der Waals surface area contributed by atoms with E-state index in [1.807, 2.05) is 11.8 Å². The minimum Gasteiger partial charge on any atom is -0.465 e. The Hall–Kier alpha value is -3.27. The van der Waals surface area contributed by atoms with Gasteiger partial charge in [0.15, 0.2) is 0 Å². The van der Waals surface area contributed by atoms with Gasteiger partial charge in [-0.2, -0.15) is 0 Å². The van der Waals surface area contributed by atoms with E-state index in [9.17, 15) is 24.0 Å². The summed E-state index contributed by atoms with van der Waals surface area (Å²) in [4.78, 5) is 66.5. The first-order valence-corrected chi connectivity index (χ1v) is 11.4. The number of carbonyl (C=O) groups excluding carboxylic acids is 5. The van der Waals surface area contributed by atoms with Crippen molar-refractivity contribution in [1.82, 2.24) is 15.1 Å². The Morgan fingerprint density at radius 3 is 2.48 bits per heavy atom. The number of esters is 1. The third-order valence-corrected chi connectivity index (χ3v) is 6.27. The van der Waals surface area contributed by atoms with Gasteiger partial charge in [0.1, 0.15) is 6.04 Å². The lowest BCUT2D eigenvalue weighted by Crippen LogP contribution is -2.54. The predicted octanol–water partition coefficient (Wildman–Crippen LogP) is 0.553. The maximum atomic E-state index is 13.0. The molecule has 176 valence electrons. The molecule has 0 bridgehead atoms. The number of fused-ring (bicyclic) bond motifs is 1. The molecule has 2 fully saturated rings. The second-order valence-electron chi connectivity index (χ2n) is 8.51. The number of hydrogen-bond donors (Lipinski definition) is 1. The summed E-state index contributed by atoms with van der Waals surface area (Å²) < 4.78 is 5.23. The molecule has 2 saturated heterocycles. The number of unbranched alkanes of at least 4 members (excludes halogenated alkanes) is 1. The van der Waals surface area contributed by atoms with Gasteiger partial charge >= 0.3 is 5.97 Å². The van der Waals surface area contributed by atoms with Crippen molar-refractivity contribution < 1.29 is 28.7 Å². The Balaban J connectivity index is 1.38. The average Bonchev–Trinajstić information content (AvgIpc) is 3.04. The Morgan fingerprint density at radius 2 is 1.79 bits per heavy atom. The number of amides is 4. The first kappa shape index (κ1) is 22.9. The van der Waals surface area contributed by atoms with Crippen LogP contribution in [0.3, 0.4) is 0 Å². The van der Waals surface area contributed by atoms with Gasteiger partial charge in [-0.25, -0.2) is 0 Å². The van der Waals surface area contributed by atoms with E-state index in [-0.39, 0.29) is 36.5 Å². The number of piperidine rings is 1. The highest BCUT2D eigenvalue weighted by molar-refractivity contribution is 6.23. The van der Waals surface area contributed by atoms with E-state index in [0.29, 0.717) is 32.8 Å². The molecule has 0 saturated carbocycles. The Labute approximate surface area is 191 Å². The highest BCUT2D eigenvalue weighted by Crippen LogP contribution is 2.31. The molecule has 10 heteroatoms. The molecule has 1 N–H and O–H groups in total. The van der Waals surface area contributed by atoms with Crippen molar-refractivity contribution in [1.29, 1.82) is 0 Å². The molecule has 3 aliphatic heterocycles. The Bertz CT molecular complexity index is 985. The monoisotopic (exact) mass is 456 g/mol. The van der Waals surface area contributed by atoms with Crippen LogP contribution in [0.15, 0.2) is 18.2 Å². The molecule has 0 radical (unpaired) electrons. The minimum atomic E-state index is -0.973. The van der Waals surface area contributed by atoms with Gasteiger partial charge in [0.05, 0.1) is 24.3 Å². The predicted molar refractivity (Wildman–Crippen MR) is 118 cm³/mol. The van der Waals surface area contributed by atoms with Crippen LogP contribution in [0, 0.1) is 0 Å². The topological polar surface area (TPSA) is 116 Å². The number of nitrogens with one attached hydrogen (secondary N) is 1. The number of benzene rings is 1. The summed E-state index contributed by atoms with van der Waals surface area (Å²) in [6.45, 7) is 5.44. The average molecular weight is 456 g/mol. The van der Waals surface area contributed by atoms with E-state index in [2.05, 4.69) is 10.2 Å². The lowest BCUT2D eigenvalue weighted by molar-refractivity contribution is -0.145. The maximum absolute atomic E-state index is 13.0. The quantitative estimate of drug-likeness (QED) is 0.359. The second-order valence-corrected chi connectivity index (χ2v) is 8.51. The van der Waals surface area contributed by atoms with E-state index in [1.165, 1.54) is 0 Å². The molecular weight excluding hydrogens is 428 g/mol. The fourth-order valence-electron chi connectivity index (χ4n) is 4.38. The van der Waals surface area contributed by atoms with Crippen molar-refractivity contribution in [3.05, 3.63) is 29.3 Å². The van der Waals surface area contributed by atoms with Gasteiger partial charge in [0, 0.05) is 38.3 Å². The first-order valence-electron chi connectivity index (χ1n) is 11.4. The third-order valence-electron chi connectivity index (χ3n) is 6.27. The Morgan fingerprint density at radius 1 is 1.06 bits per heavy atom. The molecule has 1 unspecified atom stereocenters. The zero-order valence-electron chi connectivity index (χ0n) is 18.7. The second kappa shape index (κ2) is 9.70. The lowest BCUT2D eigenvalue weighted by Gasteiger charge is -2.35. The lowest BCUT2D eigenvalue weighted by atomic mass is 10.0. The molecule has 0 spiro atoms. The zero-order valence-corrected chi connectivity index (χ0v) is 18.7. The normalized spacial score (nSPS) is 21.3. The third kappa shape index (κ3) is 4.75. The van der Waals surface area contributed by atoms with Crippen LogP contribution in [0.25, 0.3) is 0 Å². The molecule has 0 aliphatic carbocycles. The zero-order chi connectivity index (χ0) is 23.5. The first-order chi connectivity index (χ1) is 15.9. The number of rotatable bonds is 7. The molecule has 1 aromatic rings. The van der Waals surface area contributed by atoms with Crippen LogP contribution in [-0.2, 0) is 19.1 Å². The van der Waals surface area contributed by atoms with Gasteiger partial charge in [-0.1, -0.05) is 13.3 Å². The number of imide groups is 2. The van der Waals surface area contributed by atoms with E-state index in [4.69, 9.17) is 4.74 Å². The van der Waals surface area contributed by atoms with E-state index < -0.39 is 29.7 Å². The summed E-state index contributed by atoms with van der Waals surface area (Å²) in [6.07, 6.45) is 2.06. The number of ether oxygens (including phenoxy) is 1. The maximum Gasteiger partial charge on any atom is 0.320 e. The van der Waals surface area contributed by atoms with Gasteiger partial charge in [-0.05, 0) is 31.0 Å². The Kier molecular flexibility index (Phi) is 6.73. The minimum absolute atomic E-state index is 0.0888. The van der Waals surface area contributed by atoms with Gasteiger partial charge < -0.3 is 9.64 Å². The summed E-state index contributed by atoms with van der Waals surface area (Å²) in [6, 6.07) is 4.14. The van der Waals surface area contributed by atoms with Gasteiger partial charge in [0.25, 0.3) is 11.8 Å². The molecule has 0 aromatic heterocycles. The molecular formula is C23H28N4O6. The summed E-state index contributed by atoms with van der Waals surface area (Å²) in [7, 11) is 0. The van der Waals surface area contributed by atoms with Crippen molar-refractivity contribution in [3.63, 3.8) is 0 Å². The summed E-state index contributed by atoms with van der Waals surface area (Å²) >= 11 is 0. The molecule has 1 atom stereocenters. The molecule has 3 heterocycles. The number of carbonyl (C=O) groups is 5. The van der Waals surface area contributed by atoms with Crippen LogP contribution < -0.4 is 10.2 Å². The number of nitrogens with zero attached hydrogens (tertiary/aromatic N) is 3. The molecule has 33 heavy (non-hydrogen) atoms. The van der Waals surface area contributed by atoms with Crippen LogP contribution in [0.1, 0.15) is 53.3 Å². The van der Waals surface area contributed by atoms with Crippen LogP contribution >= 0.6 is 0 Å². The highest BCUT2D eigenvalue weighted by Gasteiger charge is 2.44. The van der Waals surface area contributed by atoms with Crippen LogP contribution in [0.2, 0.25) is 0 Å². The SMILES string of the molecule is CCCCOC(=O)CN1CCN(c2ccc3c(c2)C(=O)N(C2CCC(=O)NC2=O)C3=O)CC1. The van der Waals surface area contributed by atoms with Crippen LogP contribution in [0.4, 0.5) is 5.69 Å². The van der Waals surface area contributed by atoms with Crippen molar-refractivity contribution in [2.45, 2.75) is 38.6 Å². The fraction of sp³-hybridized carbons (Fsp3) is 0.522. The largest absolute Gasteiger partial charge is 0.465 e. The van der Waals surface area contributed by atoms with Crippen molar-refractivity contribution in [2.75, 3.05) is 44.2 Å². The van der Waals surface area contributed by atoms with Crippen molar-refractivity contribution >= 4 is 35.3 Å². The number of anilines is 1.